The Bertz CT molecular complexity index is 248. The minimum Gasteiger partial charge on any atom is -0.354 e. The van der Waals surface area contributed by atoms with Gasteiger partial charge < -0.3 is 10.6 Å². The summed E-state index contributed by atoms with van der Waals surface area (Å²) < 4.78 is 0. The summed E-state index contributed by atoms with van der Waals surface area (Å²) in [5.74, 6) is 0.000373. The van der Waals surface area contributed by atoms with Gasteiger partial charge in [0.2, 0.25) is 12.3 Å². The van der Waals surface area contributed by atoms with Gasteiger partial charge in [-0.2, -0.15) is 0 Å². The lowest BCUT2D eigenvalue weighted by atomic mass is 9.81. The van der Waals surface area contributed by atoms with E-state index in [0.717, 1.165) is 57.9 Å². The van der Waals surface area contributed by atoms with Crippen LogP contribution in [-0.4, -0.2) is 24.4 Å². The molecular formula is C13H24N2O2. The average Bonchev–Trinajstić information content (AvgIpc) is 2.36. The van der Waals surface area contributed by atoms with Crippen LogP contribution in [0.25, 0.3) is 0 Å². The van der Waals surface area contributed by atoms with Crippen LogP contribution in [0.2, 0.25) is 0 Å². The molecule has 1 fully saturated rings. The second kappa shape index (κ2) is 7.30. The molecule has 0 aromatic heterocycles. The summed E-state index contributed by atoms with van der Waals surface area (Å²) in [5.41, 5.74) is -0.633. The fraction of sp³-hybridized carbons (Fsp3) is 0.846. The number of nitrogens with one attached hydrogen (secondary N) is 2. The number of carbonyl (C=O) groups is 2. The fourth-order valence-corrected chi connectivity index (χ4v) is 2.45. The van der Waals surface area contributed by atoms with Gasteiger partial charge in [0.15, 0.2) is 0 Å². The van der Waals surface area contributed by atoms with Crippen molar-refractivity contribution in [2.45, 2.75) is 63.8 Å². The normalized spacial score (nSPS) is 18.4. The van der Waals surface area contributed by atoms with Gasteiger partial charge in [-0.15, -0.1) is 0 Å². The molecule has 1 aliphatic rings. The average molecular weight is 240 g/mol. The Morgan fingerprint density at radius 3 is 2.53 bits per heavy atom. The predicted octanol–water partition coefficient (Wildman–Crippen LogP) is 1.74. The Morgan fingerprint density at radius 2 is 1.94 bits per heavy atom. The van der Waals surface area contributed by atoms with E-state index in [2.05, 4.69) is 17.6 Å². The molecule has 0 saturated heterocycles. The molecule has 0 aromatic rings. The molecule has 0 aliphatic heterocycles. The molecular weight excluding hydrogens is 216 g/mol. The molecule has 98 valence electrons. The Morgan fingerprint density at radius 1 is 1.24 bits per heavy atom. The Labute approximate surface area is 104 Å². The SMILES string of the molecule is CCCCCNC(=O)C1(NC=O)CCCCC1. The topological polar surface area (TPSA) is 58.2 Å². The highest BCUT2D eigenvalue weighted by Crippen LogP contribution is 2.28. The summed E-state index contributed by atoms with van der Waals surface area (Å²) in [7, 11) is 0. The third-order valence-corrected chi connectivity index (χ3v) is 3.54. The van der Waals surface area contributed by atoms with Crippen molar-refractivity contribution >= 4 is 12.3 Å². The summed E-state index contributed by atoms with van der Waals surface area (Å²) in [5, 5.41) is 5.70. The first kappa shape index (κ1) is 14.0. The van der Waals surface area contributed by atoms with Crippen LogP contribution in [-0.2, 0) is 9.59 Å². The predicted molar refractivity (Wildman–Crippen MR) is 67.6 cm³/mol. The van der Waals surface area contributed by atoms with Crippen molar-refractivity contribution in [3.8, 4) is 0 Å². The molecule has 4 heteroatoms. The third-order valence-electron chi connectivity index (χ3n) is 3.54. The van der Waals surface area contributed by atoms with Crippen molar-refractivity contribution in [2.24, 2.45) is 0 Å². The Hall–Kier alpha value is -1.06. The van der Waals surface area contributed by atoms with E-state index in [1.165, 1.54) is 0 Å². The zero-order valence-electron chi connectivity index (χ0n) is 10.8. The third kappa shape index (κ3) is 4.02. The minimum absolute atomic E-state index is 0.000373. The summed E-state index contributed by atoms with van der Waals surface area (Å²) >= 11 is 0. The van der Waals surface area contributed by atoms with Crippen molar-refractivity contribution in [2.75, 3.05) is 6.54 Å². The Kier molecular flexibility index (Phi) is 6.01. The molecule has 4 nitrogen and oxygen atoms in total. The lowest BCUT2D eigenvalue weighted by molar-refractivity contribution is -0.131. The molecule has 1 saturated carbocycles. The lowest BCUT2D eigenvalue weighted by Gasteiger charge is -2.35. The molecule has 0 unspecified atom stereocenters. The molecule has 1 rings (SSSR count). The molecule has 17 heavy (non-hydrogen) atoms. The molecule has 0 heterocycles. The molecule has 0 radical (unpaired) electrons. The van der Waals surface area contributed by atoms with E-state index in [1.54, 1.807) is 0 Å². The highest BCUT2D eigenvalue weighted by atomic mass is 16.2. The number of carbonyl (C=O) groups excluding carboxylic acids is 2. The number of hydrogen-bond donors (Lipinski definition) is 2. The molecule has 0 bridgehead atoms. The summed E-state index contributed by atoms with van der Waals surface area (Å²) in [6.07, 6.45) is 8.69. The van der Waals surface area contributed by atoms with Crippen LogP contribution in [0.4, 0.5) is 0 Å². The van der Waals surface area contributed by atoms with Crippen LogP contribution < -0.4 is 10.6 Å². The van der Waals surface area contributed by atoms with Crippen LogP contribution >= 0.6 is 0 Å². The number of unbranched alkanes of at least 4 members (excludes halogenated alkanes) is 2. The van der Waals surface area contributed by atoms with Gasteiger partial charge in [-0.1, -0.05) is 39.0 Å². The second-order valence-corrected chi connectivity index (χ2v) is 4.87. The smallest absolute Gasteiger partial charge is 0.245 e. The van der Waals surface area contributed by atoms with Crippen molar-refractivity contribution in [1.82, 2.24) is 10.6 Å². The molecule has 2 amide bonds. The van der Waals surface area contributed by atoms with Gasteiger partial charge in [0.05, 0.1) is 0 Å². The van der Waals surface area contributed by atoms with Crippen LogP contribution in [0.1, 0.15) is 58.3 Å². The highest BCUT2D eigenvalue weighted by Gasteiger charge is 2.38. The van der Waals surface area contributed by atoms with Crippen molar-refractivity contribution < 1.29 is 9.59 Å². The van der Waals surface area contributed by atoms with Crippen LogP contribution in [0.5, 0.6) is 0 Å². The second-order valence-electron chi connectivity index (χ2n) is 4.87. The zero-order valence-corrected chi connectivity index (χ0v) is 10.8. The Balaban J connectivity index is 2.45. The first-order valence-corrected chi connectivity index (χ1v) is 6.75. The maximum Gasteiger partial charge on any atom is 0.245 e. The van der Waals surface area contributed by atoms with Gasteiger partial charge in [0, 0.05) is 6.54 Å². The zero-order chi connectivity index (χ0) is 12.6. The van der Waals surface area contributed by atoms with E-state index >= 15 is 0 Å². The van der Waals surface area contributed by atoms with Gasteiger partial charge in [0.1, 0.15) is 5.54 Å². The van der Waals surface area contributed by atoms with Crippen molar-refractivity contribution in [1.29, 1.82) is 0 Å². The first-order valence-electron chi connectivity index (χ1n) is 6.75. The number of rotatable bonds is 7. The highest BCUT2D eigenvalue weighted by molar-refractivity contribution is 5.88. The summed E-state index contributed by atoms with van der Waals surface area (Å²) in [4.78, 5) is 22.8. The number of amides is 2. The summed E-state index contributed by atoms with van der Waals surface area (Å²) in [6.45, 7) is 2.85. The van der Waals surface area contributed by atoms with Crippen LogP contribution in [0.15, 0.2) is 0 Å². The van der Waals surface area contributed by atoms with E-state index in [9.17, 15) is 9.59 Å². The van der Waals surface area contributed by atoms with Crippen LogP contribution in [0.3, 0.4) is 0 Å². The standard InChI is InChI=1S/C13H24N2O2/c1-2-3-7-10-14-12(17)13(15-11-16)8-5-4-6-9-13/h11H,2-10H2,1H3,(H,14,17)(H,15,16). The maximum absolute atomic E-state index is 12.1. The molecule has 0 spiro atoms. The largest absolute Gasteiger partial charge is 0.354 e. The van der Waals surface area contributed by atoms with E-state index in [4.69, 9.17) is 0 Å². The van der Waals surface area contributed by atoms with Crippen molar-refractivity contribution in [3.63, 3.8) is 0 Å². The van der Waals surface area contributed by atoms with Gasteiger partial charge >= 0.3 is 0 Å². The van der Waals surface area contributed by atoms with Gasteiger partial charge in [0.25, 0.3) is 0 Å². The quantitative estimate of drug-likeness (QED) is 0.526. The van der Waals surface area contributed by atoms with Gasteiger partial charge in [-0.25, -0.2) is 0 Å². The maximum atomic E-state index is 12.1. The van der Waals surface area contributed by atoms with E-state index in [-0.39, 0.29) is 5.91 Å². The number of hydrogen-bond acceptors (Lipinski definition) is 2. The molecule has 0 atom stereocenters. The molecule has 0 aromatic carbocycles. The summed E-state index contributed by atoms with van der Waals surface area (Å²) in [6, 6.07) is 0. The first-order chi connectivity index (χ1) is 8.25. The fourth-order valence-electron chi connectivity index (χ4n) is 2.45. The van der Waals surface area contributed by atoms with E-state index in [0.29, 0.717) is 6.41 Å². The van der Waals surface area contributed by atoms with E-state index in [1.807, 2.05) is 0 Å². The lowest BCUT2D eigenvalue weighted by Crippen LogP contribution is -2.57. The van der Waals surface area contributed by atoms with Gasteiger partial charge in [-0.05, 0) is 19.3 Å². The monoisotopic (exact) mass is 240 g/mol. The molecule has 1 aliphatic carbocycles. The molecule has 2 N–H and O–H groups in total. The van der Waals surface area contributed by atoms with Crippen LogP contribution in [0, 0.1) is 0 Å². The minimum atomic E-state index is -0.633. The van der Waals surface area contributed by atoms with Gasteiger partial charge in [-0.3, -0.25) is 9.59 Å². The van der Waals surface area contributed by atoms with Crippen molar-refractivity contribution in [3.05, 3.63) is 0 Å². The van der Waals surface area contributed by atoms with E-state index < -0.39 is 5.54 Å².